The van der Waals surface area contributed by atoms with Crippen molar-refractivity contribution in [1.29, 1.82) is 0 Å². The first-order valence-corrected chi connectivity index (χ1v) is 8.44. The molecule has 2 aromatic heterocycles. The second-order valence-electron chi connectivity index (χ2n) is 5.38. The van der Waals surface area contributed by atoms with Crippen LogP contribution in [0.4, 0.5) is 0 Å². The molecule has 3 nitrogen and oxygen atoms in total. The van der Waals surface area contributed by atoms with E-state index in [1.165, 1.54) is 0 Å². The van der Waals surface area contributed by atoms with Gasteiger partial charge < -0.3 is 0 Å². The molecule has 2 aromatic carbocycles. The predicted molar refractivity (Wildman–Crippen MR) is 99.9 cm³/mol. The summed E-state index contributed by atoms with van der Waals surface area (Å²) in [6.45, 7) is 0. The van der Waals surface area contributed by atoms with Gasteiger partial charge in [0.05, 0.1) is 11.4 Å². The molecule has 4 heteroatoms. The summed E-state index contributed by atoms with van der Waals surface area (Å²) in [5, 5.41) is 4.80. The Hall–Kier alpha value is -2.72. The van der Waals surface area contributed by atoms with E-state index in [9.17, 15) is 0 Å². The zero-order chi connectivity index (χ0) is 16.4. The molecule has 0 bridgehead atoms. The summed E-state index contributed by atoms with van der Waals surface area (Å²) in [6, 6.07) is 28.4. The largest absolute Gasteiger partial charge is 0.222 e. The molecule has 4 aromatic rings. The molecule has 0 spiro atoms. The van der Waals surface area contributed by atoms with Crippen LogP contribution >= 0.6 is 15.9 Å². The highest BCUT2D eigenvalue weighted by molar-refractivity contribution is 9.10. The topological polar surface area (TPSA) is 30.7 Å². The standard InChI is InChI=1S/C20H14BrN3/c21-19-12-7-13-20(22-19)24-18(16-10-5-2-6-11-16)14-17(23-24)15-8-3-1-4-9-15/h1-14H. The Morgan fingerprint density at radius 2 is 1.38 bits per heavy atom. The van der Waals surface area contributed by atoms with Crippen LogP contribution in [0.3, 0.4) is 0 Å². The first-order valence-electron chi connectivity index (χ1n) is 7.65. The molecule has 0 fully saturated rings. The minimum absolute atomic E-state index is 0.783. The van der Waals surface area contributed by atoms with Gasteiger partial charge in [-0.15, -0.1) is 0 Å². The van der Waals surface area contributed by atoms with E-state index in [0.717, 1.165) is 32.9 Å². The lowest BCUT2D eigenvalue weighted by Gasteiger charge is -2.06. The van der Waals surface area contributed by atoms with Crippen LogP contribution in [0, 0.1) is 0 Å². The number of hydrogen-bond donors (Lipinski definition) is 0. The maximum Gasteiger partial charge on any atom is 0.155 e. The van der Waals surface area contributed by atoms with E-state index in [1.54, 1.807) is 0 Å². The molecule has 24 heavy (non-hydrogen) atoms. The minimum Gasteiger partial charge on any atom is -0.222 e. The molecule has 0 radical (unpaired) electrons. The van der Waals surface area contributed by atoms with Crippen molar-refractivity contribution in [2.75, 3.05) is 0 Å². The van der Waals surface area contributed by atoms with E-state index in [-0.39, 0.29) is 0 Å². The summed E-state index contributed by atoms with van der Waals surface area (Å²) in [5.74, 6) is 0.783. The quantitative estimate of drug-likeness (QED) is 0.451. The highest BCUT2D eigenvalue weighted by Gasteiger charge is 2.13. The fraction of sp³-hybridized carbons (Fsp3) is 0. The molecule has 0 aliphatic heterocycles. The maximum absolute atomic E-state index is 4.80. The number of nitrogens with zero attached hydrogens (tertiary/aromatic N) is 3. The van der Waals surface area contributed by atoms with Crippen molar-refractivity contribution in [3.05, 3.63) is 89.5 Å². The van der Waals surface area contributed by atoms with Gasteiger partial charge in [-0.05, 0) is 34.1 Å². The van der Waals surface area contributed by atoms with Gasteiger partial charge in [-0.2, -0.15) is 5.10 Å². The van der Waals surface area contributed by atoms with Crippen molar-refractivity contribution in [1.82, 2.24) is 14.8 Å². The Morgan fingerprint density at radius 1 is 0.708 bits per heavy atom. The van der Waals surface area contributed by atoms with Gasteiger partial charge in [0.1, 0.15) is 4.60 Å². The zero-order valence-corrected chi connectivity index (χ0v) is 14.4. The predicted octanol–water partition coefficient (Wildman–Crippen LogP) is 5.36. The molecule has 2 heterocycles. The van der Waals surface area contributed by atoms with Crippen LogP contribution in [-0.2, 0) is 0 Å². The maximum atomic E-state index is 4.80. The van der Waals surface area contributed by atoms with E-state index < -0.39 is 0 Å². The molecular weight excluding hydrogens is 362 g/mol. The van der Waals surface area contributed by atoms with Gasteiger partial charge in [0, 0.05) is 11.1 Å². The Balaban J connectivity index is 1.92. The smallest absolute Gasteiger partial charge is 0.155 e. The first-order chi connectivity index (χ1) is 11.8. The lowest BCUT2D eigenvalue weighted by atomic mass is 10.1. The summed E-state index contributed by atoms with van der Waals surface area (Å²) < 4.78 is 2.68. The van der Waals surface area contributed by atoms with Gasteiger partial charge in [0.15, 0.2) is 5.82 Å². The molecule has 0 atom stereocenters. The normalized spacial score (nSPS) is 10.7. The van der Waals surface area contributed by atoms with E-state index in [2.05, 4.69) is 51.2 Å². The number of benzene rings is 2. The van der Waals surface area contributed by atoms with Crippen molar-refractivity contribution in [2.24, 2.45) is 0 Å². The van der Waals surface area contributed by atoms with Gasteiger partial charge in [0.25, 0.3) is 0 Å². The molecule has 0 amide bonds. The molecule has 4 rings (SSSR count). The van der Waals surface area contributed by atoms with Crippen LogP contribution in [0.1, 0.15) is 0 Å². The number of pyridine rings is 1. The highest BCUT2D eigenvalue weighted by atomic mass is 79.9. The van der Waals surface area contributed by atoms with Crippen molar-refractivity contribution < 1.29 is 0 Å². The summed E-state index contributed by atoms with van der Waals surface area (Å²) in [6.07, 6.45) is 0. The van der Waals surface area contributed by atoms with Crippen LogP contribution in [0.15, 0.2) is 89.5 Å². The zero-order valence-electron chi connectivity index (χ0n) is 12.8. The molecule has 0 saturated carbocycles. The molecule has 0 saturated heterocycles. The second kappa shape index (κ2) is 6.42. The van der Waals surface area contributed by atoms with Crippen LogP contribution in [0.2, 0.25) is 0 Å². The van der Waals surface area contributed by atoms with Gasteiger partial charge in [-0.25, -0.2) is 9.67 Å². The van der Waals surface area contributed by atoms with E-state index >= 15 is 0 Å². The lowest BCUT2D eigenvalue weighted by Crippen LogP contribution is -2.01. The lowest BCUT2D eigenvalue weighted by molar-refractivity contribution is 0.854. The van der Waals surface area contributed by atoms with E-state index in [1.807, 2.05) is 59.3 Å². The third kappa shape index (κ3) is 2.88. The highest BCUT2D eigenvalue weighted by Crippen LogP contribution is 2.28. The molecule has 0 unspecified atom stereocenters. The molecule has 0 aliphatic carbocycles. The van der Waals surface area contributed by atoms with Crippen LogP contribution in [0.25, 0.3) is 28.3 Å². The first kappa shape index (κ1) is 14.8. The van der Waals surface area contributed by atoms with Gasteiger partial charge >= 0.3 is 0 Å². The molecule has 0 aliphatic rings. The van der Waals surface area contributed by atoms with E-state index in [4.69, 9.17) is 5.10 Å². The number of halogens is 1. The van der Waals surface area contributed by atoms with Crippen LogP contribution < -0.4 is 0 Å². The van der Waals surface area contributed by atoms with Gasteiger partial charge in [0.2, 0.25) is 0 Å². The van der Waals surface area contributed by atoms with Crippen LogP contribution in [0.5, 0.6) is 0 Å². The van der Waals surface area contributed by atoms with Gasteiger partial charge in [-0.1, -0.05) is 66.7 Å². The fourth-order valence-corrected chi connectivity index (χ4v) is 2.97. The molecule has 0 N–H and O–H groups in total. The Morgan fingerprint density at radius 3 is 2.04 bits per heavy atom. The fourth-order valence-electron chi connectivity index (χ4n) is 2.64. The number of rotatable bonds is 3. The Labute approximate surface area is 148 Å². The van der Waals surface area contributed by atoms with Crippen molar-refractivity contribution in [2.45, 2.75) is 0 Å². The van der Waals surface area contributed by atoms with Gasteiger partial charge in [-0.3, -0.25) is 0 Å². The number of hydrogen-bond acceptors (Lipinski definition) is 2. The minimum atomic E-state index is 0.783. The SMILES string of the molecule is Brc1cccc(-n2nc(-c3ccccc3)cc2-c2ccccc2)n1. The third-order valence-electron chi connectivity index (χ3n) is 3.77. The summed E-state index contributed by atoms with van der Waals surface area (Å²) in [4.78, 5) is 4.55. The average molecular weight is 376 g/mol. The van der Waals surface area contributed by atoms with Crippen molar-refractivity contribution in [3.63, 3.8) is 0 Å². The third-order valence-corrected chi connectivity index (χ3v) is 4.21. The summed E-state index contributed by atoms with van der Waals surface area (Å²) in [5.41, 5.74) is 4.13. The summed E-state index contributed by atoms with van der Waals surface area (Å²) in [7, 11) is 0. The molecule has 116 valence electrons. The number of aromatic nitrogens is 3. The summed E-state index contributed by atoms with van der Waals surface area (Å²) >= 11 is 3.44. The van der Waals surface area contributed by atoms with Crippen molar-refractivity contribution in [3.8, 4) is 28.3 Å². The average Bonchev–Trinajstić information content (AvgIpc) is 3.09. The van der Waals surface area contributed by atoms with Crippen LogP contribution in [-0.4, -0.2) is 14.8 Å². The Bertz CT molecular complexity index is 963. The molecular formula is C20H14BrN3. The van der Waals surface area contributed by atoms with E-state index in [0.29, 0.717) is 0 Å². The Kier molecular flexibility index (Phi) is 3.97. The van der Waals surface area contributed by atoms with Crippen molar-refractivity contribution >= 4 is 15.9 Å². The second-order valence-corrected chi connectivity index (χ2v) is 6.19. The monoisotopic (exact) mass is 375 g/mol.